The van der Waals surface area contributed by atoms with E-state index in [-0.39, 0.29) is 10.8 Å². The summed E-state index contributed by atoms with van der Waals surface area (Å²) in [5, 5.41) is 6.26. The van der Waals surface area contributed by atoms with E-state index in [1.54, 1.807) is 30.3 Å². The Labute approximate surface area is 208 Å². The summed E-state index contributed by atoms with van der Waals surface area (Å²) >= 11 is 0. The number of nitrogens with zero attached hydrogens (tertiary/aromatic N) is 3. The van der Waals surface area contributed by atoms with Crippen molar-refractivity contribution in [3.05, 3.63) is 78.9 Å². The number of aromatic nitrogens is 2. The van der Waals surface area contributed by atoms with E-state index < -0.39 is 16.1 Å². The third kappa shape index (κ3) is 5.37. The van der Waals surface area contributed by atoms with Gasteiger partial charge < -0.3 is 15.0 Å². The molecule has 3 aromatic carbocycles. The van der Waals surface area contributed by atoms with Crippen LogP contribution in [-0.4, -0.2) is 50.7 Å². The van der Waals surface area contributed by atoms with Crippen molar-refractivity contribution in [1.82, 2.24) is 9.97 Å². The second-order valence-corrected chi connectivity index (χ2v) is 9.74. The number of rotatable bonds is 6. The van der Waals surface area contributed by atoms with Crippen LogP contribution < -0.4 is 20.3 Å². The van der Waals surface area contributed by atoms with Crippen molar-refractivity contribution in [3.63, 3.8) is 0 Å². The van der Waals surface area contributed by atoms with Gasteiger partial charge in [-0.15, -0.1) is 0 Å². The zero-order valence-electron chi connectivity index (χ0n) is 19.2. The van der Waals surface area contributed by atoms with Gasteiger partial charge in [0.2, 0.25) is 5.95 Å². The number of hydrogen-bond donors (Lipinski definition) is 3. The van der Waals surface area contributed by atoms with Crippen LogP contribution in [0.3, 0.4) is 0 Å². The molecule has 1 saturated heterocycles. The number of morpholine rings is 1. The van der Waals surface area contributed by atoms with Crippen LogP contribution in [-0.2, 0) is 14.8 Å². The Kier molecular flexibility index (Phi) is 6.65. The summed E-state index contributed by atoms with van der Waals surface area (Å²) < 4.78 is 33.2. The number of benzene rings is 3. The van der Waals surface area contributed by atoms with Gasteiger partial charge in [0.15, 0.2) is 0 Å². The molecule has 10 nitrogen and oxygen atoms in total. The molecule has 2 amide bonds. The SMILES string of the molecule is O=C(Nc1ccc(S(=O)(=O)Nc2ccccc2)cc1)Nc1nc(N2CCOCC2)c2ccccc2n1. The molecule has 0 saturated carbocycles. The minimum absolute atomic E-state index is 0.0744. The summed E-state index contributed by atoms with van der Waals surface area (Å²) in [4.78, 5) is 23.9. The van der Waals surface area contributed by atoms with E-state index >= 15 is 0 Å². The Morgan fingerprint density at radius 2 is 1.50 bits per heavy atom. The molecule has 0 bridgehead atoms. The number of ether oxygens (including phenoxy) is 1. The first-order valence-electron chi connectivity index (χ1n) is 11.3. The van der Waals surface area contributed by atoms with Crippen LogP contribution in [0.2, 0.25) is 0 Å². The van der Waals surface area contributed by atoms with E-state index in [0.29, 0.717) is 43.2 Å². The molecule has 1 fully saturated rings. The van der Waals surface area contributed by atoms with Crippen LogP contribution >= 0.6 is 0 Å². The van der Waals surface area contributed by atoms with E-state index in [1.807, 2.05) is 24.3 Å². The van der Waals surface area contributed by atoms with Gasteiger partial charge in [-0.1, -0.05) is 30.3 Å². The van der Waals surface area contributed by atoms with Crippen LogP contribution in [0.15, 0.2) is 83.8 Å². The molecule has 184 valence electrons. The maximum Gasteiger partial charge on any atom is 0.326 e. The van der Waals surface area contributed by atoms with Crippen LogP contribution in [0.1, 0.15) is 0 Å². The Bertz CT molecular complexity index is 1470. The number of fused-ring (bicyclic) bond motifs is 1. The zero-order valence-corrected chi connectivity index (χ0v) is 20.0. The number of amides is 2. The third-order valence-corrected chi connectivity index (χ3v) is 6.96. The predicted molar refractivity (Wildman–Crippen MR) is 139 cm³/mol. The maximum absolute atomic E-state index is 12.7. The van der Waals surface area contributed by atoms with Gasteiger partial charge in [-0.3, -0.25) is 10.0 Å². The highest BCUT2D eigenvalue weighted by molar-refractivity contribution is 7.92. The summed E-state index contributed by atoms with van der Waals surface area (Å²) in [5.74, 6) is 0.902. The summed E-state index contributed by atoms with van der Waals surface area (Å²) in [7, 11) is -3.76. The van der Waals surface area contributed by atoms with E-state index in [4.69, 9.17) is 4.74 Å². The van der Waals surface area contributed by atoms with Gasteiger partial charge in [-0.25, -0.2) is 18.2 Å². The van der Waals surface area contributed by atoms with E-state index in [0.717, 1.165) is 11.2 Å². The lowest BCUT2D eigenvalue weighted by molar-refractivity contribution is 0.122. The van der Waals surface area contributed by atoms with Crippen molar-refractivity contribution in [2.75, 3.05) is 46.6 Å². The van der Waals surface area contributed by atoms with Crippen molar-refractivity contribution < 1.29 is 17.9 Å². The Hall–Kier alpha value is -4.22. The number of anilines is 4. The van der Waals surface area contributed by atoms with Crippen molar-refractivity contribution in [3.8, 4) is 0 Å². The number of urea groups is 1. The molecule has 1 aromatic heterocycles. The molecule has 36 heavy (non-hydrogen) atoms. The van der Waals surface area contributed by atoms with Crippen LogP contribution in [0.25, 0.3) is 10.9 Å². The molecule has 0 radical (unpaired) electrons. The molecular formula is C25H24N6O4S. The fourth-order valence-corrected chi connectivity index (χ4v) is 4.89. The molecule has 0 aliphatic carbocycles. The highest BCUT2D eigenvalue weighted by Gasteiger charge is 2.18. The van der Waals surface area contributed by atoms with E-state index in [1.165, 1.54) is 24.3 Å². The van der Waals surface area contributed by atoms with Gasteiger partial charge in [-0.2, -0.15) is 4.98 Å². The molecule has 3 N–H and O–H groups in total. The van der Waals surface area contributed by atoms with Gasteiger partial charge in [0, 0.05) is 29.9 Å². The fraction of sp³-hybridized carbons (Fsp3) is 0.160. The first-order chi connectivity index (χ1) is 17.5. The van der Waals surface area contributed by atoms with Crippen LogP contribution in [0.4, 0.5) is 27.9 Å². The van der Waals surface area contributed by atoms with Crippen LogP contribution in [0, 0.1) is 0 Å². The summed E-state index contributed by atoms with van der Waals surface area (Å²) in [6.07, 6.45) is 0. The number of para-hydroxylation sites is 2. The Balaban J connectivity index is 1.29. The second-order valence-electron chi connectivity index (χ2n) is 8.06. The molecule has 0 spiro atoms. The number of carbonyl (C=O) groups excluding carboxylic acids is 1. The zero-order chi connectivity index (χ0) is 25.0. The lowest BCUT2D eigenvalue weighted by Gasteiger charge is -2.28. The normalized spacial score (nSPS) is 13.8. The lowest BCUT2D eigenvalue weighted by atomic mass is 10.2. The molecule has 0 unspecified atom stereocenters. The number of hydrogen-bond acceptors (Lipinski definition) is 7. The standard InChI is InChI=1S/C25H24N6O4S/c32-25(26-18-10-12-20(13-11-18)36(33,34)30-19-6-2-1-3-7-19)29-24-27-22-9-5-4-8-21(22)23(28-24)31-14-16-35-17-15-31/h1-13,30H,14-17H2,(H2,26,27,28,29,32). The van der Waals surface area contributed by atoms with Gasteiger partial charge in [-0.05, 0) is 48.5 Å². The monoisotopic (exact) mass is 504 g/mol. The molecule has 1 aliphatic heterocycles. The quantitative estimate of drug-likeness (QED) is 0.363. The van der Waals surface area contributed by atoms with Gasteiger partial charge in [0.1, 0.15) is 5.82 Å². The number of nitrogens with one attached hydrogen (secondary N) is 3. The first kappa shape index (κ1) is 23.5. The minimum Gasteiger partial charge on any atom is -0.378 e. The Morgan fingerprint density at radius 3 is 2.25 bits per heavy atom. The third-order valence-electron chi connectivity index (χ3n) is 5.57. The number of sulfonamides is 1. The van der Waals surface area contributed by atoms with Gasteiger partial charge >= 0.3 is 6.03 Å². The van der Waals surface area contributed by atoms with Gasteiger partial charge in [0.05, 0.1) is 23.6 Å². The molecular weight excluding hydrogens is 480 g/mol. The van der Waals surface area contributed by atoms with Crippen molar-refractivity contribution >= 4 is 50.1 Å². The average molecular weight is 505 g/mol. The molecule has 1 aliphatic rings. The highest BCUT2D eigenvalue weighted by Crippen LogP contribution is 2.26. The molecule has 0 atom stereocenters. The predicted octanol–water partition coefficient (Wildman–Crippen LogP) is 3.91. The first-order valence-corrected chi connectivity index (χ1v) is 12.8. The van der Waals surface area contributed by atoms with Crippen molar-refractivity contribution in [2.45, 2.75) is 4.90 Å². The van der Waals surface area contributed by atoms with Crippen molar-refractivity contribution in [1.29, 1.82) is 0 Å². The van der Waals surface area contributed by atoms with Crippen molar-refractivity contribution in [2.24, 2.45) is 0 Å². The highest BCUT2D eigenvalue weighted by atomic mass is 32.2. The second kappa shape index (κ2) is 10.2. The van der Waals surface area contributed by atoms with Crippen LogP contribution in [0.5, 0.6) is 0 Å². The molecule has 4 aromatic rings. The topological polar surface area (TPSA) is 126 Å². The summed E-state index contributed by atoms with van der Waals surface area (Å²) in [5.41, 5.74) is 1.59. The average Bonchev–Trinajstić information content (AvgIpc) is 2.89. The fourth-order valence-electron chi connectivity index (χ4n) is 3.83. The summed E-state index contributed by atoms with van der Waals surface area (Å²) in [6.45, 7) is 2.60. The summed E-state index contributed by atoms with van der Waals surface area (Å²) in [6, 6.07) is 21.6. The molecule has 5 rings (SSSR count). The smallest absolute Gasteiger partial charge is 0.326 e. The molecule has 11 heteroatoms. The number of carbonyl (C=O) groups is 1. The minimum atomic E-state index is -3.76. The van der Waals surface area contributed by atoms with E-state index in [9.17, 15) is 13.2 Å². The lowest BCUT2D eigenvalue weighted by Crippen LogP contribution is -2.37. The maximum atomic E-state index is 12.7. The largest absolute Gasteiger partial charge is 0.378 e. The van der Waals surface area contributed by atoms with Gasteiger partial charge in [0.25, 0.3) is 10.0 Å². The molecule has 2 heterocycles. The Morgan fingerprint density at radius 1 is 0.806 bits per heavy atom. The van der Waals surface area contributed by atoms with E-state index in [2.05, 4.69) is 30.2 Å².